The average Bonchev–Trinajstić information content (AvgIpc) is 2.73. The highest BCUT2D eigenvalue weighted by molar-refractivity contribution is 14.1. The first-order chi connectivity index (χ1) is 13.3. The smallest absolute Gasteiger partial charge is 0.0936 e. The first kappa shape index (κ1) is 17.5. The van der Waals surface area contributed by atoms with E-state index in [1.54, 1.807) is 0 Å². The summed E-state index contributed by atoms with van der Waals surface area (Å²) < 4.78 is 1.20. The van der Waals surface area contributed by atoms with Gasteiger partial charge in [0.25, 0.3) is 0 Å². The fourth-order valence-electron chi connectivity index (χ4n) is 2.64. The Morgan fingerprint density at radius 3 is 1.63 bits per heavy atom. The van der Waals surface area contributed by atoms with Crippen LogP contribution in [0.4, 0.5) is 22.7 Å². The maximum Gasteiger partial charge on any atom is 0.0936 e. The summed E-state index contributed by atoms with van der Waals surface area (Å²) in [6, 6.07) is 29.5. The summed E-state index contributed by atoms with van der Waals surface area (Å²) in [6.07, 6.45) is 0. The van der Waals surface area contributed by atoms with Crippen LogP contribution in [0.5, 0.6) is 0 Å². The van der Waals surface area contributed by atoms with Crippen LogP contribution in [-0.2, 0) is 0 Å². The molecule has 0 N–H and O–H groups in total. The molecule has 4 aromatic rings. The van der Waals surface area contributed by atoms with Crippen molar-refractivity contribution >= 4 is 56.1 Å². The van der Waals surface area contributed by atoms with Crippen LogP contribution in [-0.4, -0.2) is 0 Å². The normalized spacial score (nSPS) is 11.6. The molecule has 130 valence electrons. The van der Waals surface area contributed by atoms with Gasteiger partial charge in [-0.2, -0.15) is 15.3 Å². The lowest BCUT2D eigenvalue weighted by Gasteiger charge is -2.03. The van der Waals surface area contributed by atoms with Gasteiger partial charge in [-0.3, -0.25) is 0 Å². The Morgan fingerprint density at radius 2 is 0.963 bits per heavy atom. The van der Waals surface area contributed by atoms with Crippen molar-refractivity contribution in [3.05, 3.63) is 94.6 Å². The quantitative estimate of drug-likeness (QED) is 0.217. The van der Waals surface area contributed by atoms with Gasteiger partial charge in [0.1, 0.15) is 0 Å². The van der Waals surface area contributed by atoms with E-state index in [-0.39, 0.29) is 0 Å². The number of azo groups is 2. The van der Waals surface area contributed by atoms with E-state index in [1.807, 2.05) is 72.8 Å². The molecule has 0 saturated heterocycles. The Balaban J connectivity index is 1.54. The second-order valence-electron chi connectivity index (χ2n) is 5.86. The molecule has 0 saturated carbocycles. The molecule has 0 aliphatic rings. The summed E-state index contributed by atoms with van der Waals surface area (Å²) in [6.45, 7) is 0. The van der Waals surface area contributed by atoms with Gasteiger partial charge in [0, 0.05) is 8.96 Å². The summed E-state index contributed by atoms with van der Waals surface area (Å²) >= 11 is 2.34. The van der Waals surface area contributed by atoms with E-state index in [1.165, 1.54) is 8.96 Å². The number of hydrogen-bond donors (Lipinski definition) is 0. The topological polar surface area (TPSA) is 49.4 Å². The van der Waals surface area contributed by atoms with Gasteiger partial charge in [0.05, 0.1) is 22.7 Å². The molecule has 0 aliphatic heterocycles. The number of benzene rings is 4. The van der Waals surface area contributed by atoms with E-state index < -0.39 is 0 Å². The zero-order valence-electron chi connectivity index (χ0n) is 14.3. The third-order valence-electron chi connectivity index (χ3n) is 4.01. The van der Waals surface area contributed by atoms with Crippen molar-refractivity contribution in [2.24, 2.45) is 20.5 Å². The molecule has 0 amide bonds. The monoisotopic (exact) mass is 462 g/mol. The predicted molar refractivity (Wildman–Crippen MR) is 118 cm³/mol. The highest BCUT2D eigenvalue weighted by atomic mass is 127. The van der Waals surface area contributed by atoms with E-state index in [0.29, 0.717) is 0 Å². The standard InChI is InChI=1S/C22H15IN4/c23-21-14-15-22(20-9-5-4-8-19(20)21)27-26-18-12-10-17(11-13-18)25-24-16-6-2-1-3-7-16/h1-15H. The Labute approximate surface area is 170 Å². The zero-order chi connectivity index (χ0) is 18.5. The first-order valence-corrected chi connectivity index (χ1v) is 9.53. The van der Waals surface area contributed by atoms with Gasteiger partial charge < -0.3 is 0 Å². The summed E-state index contributed by atoms with van der Waals surface area (Å²) in [7, 11) is 0. The van der Waals surface area contributed by atoms with Crippen LogP contribution >= 0.6 is 22.6 Å². The summed E-state index contributed by atoms with van der Waals surface area (Å²) in [4.78, 5) is 0. The van der Waals surface area contributed by atoms with Crippen molar-refractivity contribution in [1.29, 1.82) is 0 Å². The minimum Gasteiger partial charge on any atom is -0.151 e. The minimum atomic E-state index is 0.774. The van der Waals surface area contributed by atoms with Crippen molar-refractivity contribution in [2.45, 2.75) is 0 Å². The summed E-state index contributed by atoms with van der Waals surface area (Å²) in [5.41, 5.74) is 3.24. The van der Waals surface area contributed by atoms with Crippen molar-refractivity contribution < 1.29 is 0 Å². The van der Waals surface area contributed by atoms with Crippen LogP contribution in [0, 0.1) is 3.57 Å². The van der Waals surface area contributed by atoms with Gasteiger partial charge in [0.2, 0.25) is 0 Å². The molecular weight excluding hydrogens is 447 g/mol. The van der Waals surface area contributed by atoms with Crippen LogP contribution < -0.4 is 0 Å². The number of nitrogens with zero attached hydrogens (tertiary/aromatic N) is 4. The van der Waals surface area contributed by atoms with E-state index in [4.69, 9.17) is 0 Å². The Bertz CT molecular complexity index is 1120. The molecule has 0 atom stereocenters. The van der Waals surface area contributed by atoms with Gasteiger partial charge in [-0.15, -0.1) is 5.11 Å². The second-order valence-corrected chi connectivity index (χ2v) is 7.03. The van der Waals surface area contributed by atoms with Crippen LogP contribution in [0.3, 0.4) is 0 Å². The first-order valence-electron chi connectivity index (χ1n) is 8.45. The molecular formula is C22H15IN4. The SMILES string of the molecule is Ic1ccc(N=Nc2ccc(N=Nc3ccccc3)cc2)c2ccccc12. The van der Waals surface area contributed by atoms with Crippen LogP contribution in [0.2, 0.25) is 0 Å². The van der Waals surface area contributed by atoms with E-state index in [9.17, 15) is 0 Å². The van der Waals surface area contributed by atoms with Crippen molar-refractivity contribution in [3.63, 3.8) is 0 Å². The summed E-state index contributed by atoms with van der Waals surface area (Å²) in [5, 5.41) is 19.5. The highest BCUT2D eigenvalue weighted by Gasteiger charge is 2.03. The van der Waals surface area contributed by atoms with Crippen molar-refractivity contribution in [3.8, 4) is 0 Å². The van der Waals surface area contributed by atoms with Crippen LogP contribution in [0.25, 0.3) is 10.8 Å². The van der Waals surface area contributed by atoms with E-state index in [0.717, 1.165) is 28.1 Å². The van der Waals surface area contributed by atoms with E-state index in [2.05, 4.69) is 61.2 Å². The minimum absolute atomic E-state index is 0.774. The number of hydrogen-bond acceptors (Lipinski definition) is 4. The highest BCUT2D eigenvalue weighted by Crippen LogP contribution is 2.31. The number of fused-ring (bicyclic) bond motifs is 1. The Morgan fingerprint density at radius 1 is 0.444 bits per heavy atom. The number of halogens is 1. The molecule has 0 radical (unpaired) electrons. The van der Waals surface area contributed by atoms with Crippen molar-refractivity contribution in [2.75, 3.05) is 0 Å². The van der Waals surface area contributed by atoms with Gasteiger partial charge in [0.15, 0.2) is 0 Å². The molecule has 0 unspecified atom stereocenters. The van der Waals surface area contributed by atoms with E-state index >= 15 is 0 Å². The molecule has 0 aromatic heterocycles. The third-order valence-corrected chi connectivity index (χ3v) is 4.95. The lowest BCUT2D eigenvalue weighted by Crippen LogP contribution is -1.77. The zero-order valence-corrected chi connectivity index (χ0v) is 16.5. The average molecular weight is 462 g/mol. The van der Waals surface area contributed by atoms with Gasteiger partial charge in [-0.1, -0.05) is 42.5 Å². The predicted octanol–water partition coefficient (Wildman–Crippen LogP) is 8.28. The second kappa shape index (κ2) is 8.18. The fraction of sp³-hybridized carbons (Fsp3) is 0. The van der Waals surface area contributed by atoms with Gasteiger partial charge in [-0.05, 0) is 76.5 Å². The number of rotatable bonds is 4. The fourth-order valence-corrected chi connectivity index (χ4v) is 3.29. The maximum atomic E-state index is 4.44. The molecule has 27 heavy (non-hydrogen) atoms. The molecule has 4 aromatic carbocycles. The van der Waals surface area contributed by atoms with Gasteiger partial charge >= 0.3 is 0 Å². The Hall–Kier alpha value is -2.93. The molecule has 0 aliphatic carbocycles. The molecule has 4 rings (SSSR count). The third kappa shape index (κ3) is 4.25. The maximum absolute atomic E-state index is 4.44. The lowest BCUT2D eigenvalue weighted by atomic mass is 10.1. The molecule has 0 heterocycles. The summed E-state index contributed by atoms with van der Waals surface area (Å²) in [5.74, 6) is 0. The van der Waals surface area contributed by atoms with Crippen LogP contribution in [0.15, 0.2) is 111 Å². The van der Waals surface area contributed by atoms with Crippen LogP contribution in [0.1, 0.15) is 0 Å². The molecule has 5 heteroatoms. The Kier molecular flexibility index (Phi) is 5.29. The van der Waals surface area contributed by atoms with Crippen molar-refractivity contribution in [1.82, 2.24) is 0 Å². The largest absolute Gasteiger partial charge is 0.151 e. The van der Waals surface area contributed by atoms with Gasteiger partial charge in [-0.25, -0.2) is 0 Å². The molecule has 0 bridgehead atoms. The molecule has 0 fully saturated rings. The lowest BCUT2D eigenvalue weighted by molar-refractivity contribution is 1.21. The molecule has 4 nitrogen and oxygen atoms in total. The molecule has 0 spiro atoms.